The summed E-state index contributed by atoms with van der Waals surface area (Å²) < 4.78 is 0. The molecule has 0 spiro atoms. The number of aromatic nitrogens is 3. The molecule has 1 aliphatic heterocycles. The molecule has 2 aromatic heterocycles. The van der Waals surface area contributed by atoms with Gasteiger partial charge in [-0.1, -0.05) is 11.6 Å². The average molecular weight is 530 g/mol. The second-order valence-electron chi connectivity index (χ2n) is 9.50. The maximum absolute atomic E-state index is 12.6. The van der Waals surface area contributed by atoms with Gasteiger partial charge in [0.05, 0.1) is 5.52 Å². The van der Waals surface area contributed by atoms with Crippen molar-refractivity contribution in [2.24, 2.45) is 0 Å². The first-order chi connectivity index (χ1) is 18.5. The van der Waals surface area contributed by atoms with E-state index in [1.54, 1.807) is 6.20 Å². The van der Waals surface area contributed by atoms with Gasteiger partial charge in [0.1, 0.15) is 5.82 Å². The van der Waals surface area contributed by atoms with E-state index in [2.05, 4.69) is 30.9 Å². The number of benzene rings is 2. The first-order valence-corrected chi connectivity index (χ1v) is 13.5. The summed E-state index contributed by atoms with van der Waals surface area (Å²) in [5, 5.41) is 11.9. The summed E-state index contributed by atoms with van der Waals surface area (Å²) in [4.78, 5) is 28.0. The molecular weight excluding hydrogens is 498 g/mol. The second kappa shape index (κ2) is 12.1. The topological polar surface area (TPSA) is 95.1 Å². The molecule has 3 N–H and O–H groups in total. The third-order valence-corrected chi connectivity index (χ3v) is 6.79. The van der Waals surface area contributed by atoms with Crippen LogP contribution in [-0.2, 0) is 0 Å². The molecule has 196 valence electrons. The Morgan fingerprint density at radius 3 is 2.50 bits per heavy atom. The molecule has 1 aliphatic rings. The number of anilines is 4. The first kappa shape index (κ1) is 25.7. The van der Waals surface area contributed by atoms with E-state index in [9.17, 15) is 4.79 Å². The van der Waals surface area contributed by atoms with Crippen molar-refractivity contribution in [1.29, 1.82) is 0 Å². The number of rotatable bonds is 10. The van der Waals surface area contributed by atoms with Crippen LogP contribution in [0.1, 0.15) is 41.7 Å². The zero-order valence-corrected chi connectivity index (χ0v) is 22.3. The maximum Gasteiger partial charge on any atom is 0.253 e. The van der Waals surface area contributed by atoms with Crippen LogP contribution in [0.2, 0.25) is 5.02 Å². The van der Waals surface area contributed by atoms with E-state index >= 15 is 0 Å². The van der Waals surface area contributed by atoms with Crippen LogP contribution in [0.3, 0.4) is 0 Å². The van der Waals surface area contributed by atoms with Gasteiger partial charge in [0, 0.05) is 71.5 Å². The Morgan fingerprint density at radius 1 is 0.947 bits per heavy atom. The van der Waals surface area contributed by atoms with Crippen LogP contribution in [-0.4, -0.2) is 51.9 Å². The summed E-state index contributed by atoms with van der Waals surface area (Å²) in [7, 11) is 0. The predicted molar refractivity (Wildman–Crippen MR) is 155 cm³/mol. The van der Waals surface area contributed by atoms with Crippen molar-refractivity contribution in [3.8, 4) is 0 Å². The minimum atomic E-state index is 0.104. The molecular formula is C29H32ClN7O. The molecule has 4 aromatic rings. The highest BCUT2D eigenvalue weighted by molar-refractivity contribution is 6.31. The van der Waals surface area contributed by atoms with Gasteiger partial charge in [-0.2, -0.15) is 4.98 Å². The quantitative estimate of drug-likeness (QED) is 0.208. The van der Waals surface area contributed by atoms with Crippen molar-refractivity contribution < 1.29 is 4.79 Å². The summed E-state index contributed by atoms with van der Waals surface area (Å²) in [5.41, 5.74) is 4.42. The first-order valence-electron chi connectivity index (χ1n) is 13.1. The average Bonchev–Trinajstić information content (AvgIpc) is 3.45. The number of likely N-dealkylation sites (tertiary alicyclic amines) is 1. The van der Waals surface area contributed by atoms with Crippen molar-refractivity contribution in [3.05, 3.63) is 77.1 Å². The molecule has 0 unspecified atom stereocenters. The predicted octanol–water partition coefficient (Wildman–Crippen LogP) is 6.27. The van der Waals surface area contributed by atoms with Crippen molar-refractivity contribution in [3.63, 3.8) is 0 Å². The molecule has 0 aliphatic carbocycles. The highest BCUT2D eigenvalue weighted by Crippen LogP contribution is 2.24. The van der Waals surface area contributed by atoms with Crippen molar-refractivity contribution in [2.75, 3.05) is 42.1 Å². The van der Waals surface area contributed by atoms with Gasteiger partial charge in [0.2, 0.25) is 5.95 Å². The third-order valence-electron chi connectivity index (χ3n) is 6.56. The van der Waals surface area contributed by atoms with Crippen LogP contribution in [0.4, 0.5) is 23.1 Å². The molecule has 0 saturated carbocycles. The van der Waals surface area contributed by atoms with Crippen LogP contribution in [0.15, 0.2) is 60.8 Å². The number of aryl methyl sites for hydroxylation is 1. The number of carbonyl (C=O) groups excluding carboxylic acids is 1. The van der Waals surface area contributed by atoms with Gasteiger partial charge < -0.3 is 20.9 Å². The van der Waals surface area contributed by atoms with Gasteiger partial charge >= 0.3 is 0 Å². The Bertz CT molecular complexity index is 1400. The minimum Gasteiger partial charge on any atom is -0.384 e. The smallest absolute Gasteiger partial charge is 0.253 e. The lowest BCUT2D eigenvalue weighted by molar-refractivity contribution is 0.0793. The molecule has 8 nitrogen and oxygen atoms in total. The van der Waals surface area contributed by atoms with E-state index in [0.29, 0.717) is 16.8 Å². The van der Waals surface area contributed by atoms with E-state index in [1.807, 2.05) is 66.4 Å². The standard InChI is InChI=1S/C29H32ClN7O/c1-20-18-27(35-23-9-6-21(7-10-23)28(38)37-16-4-5-17-37)36-29(34-20)33-14-3-2-13-31-25-12-15-32-26-19-22(30)8-11-24(25)26/h6-12,15,18-19H,2-5,13-14,16-17H2,1H3,(H,31,32)(H2,33,34,35,36). The number of hydrogen-bond acceptors (Lipinski definition) is 7. The van der Waals surface area contributed by atoms with Crippen LogP contribution in [0, 0.1) is 6.92 Å². The van der Waals surface area contributed by atoms with Crippen LogP contribution in [0.25, 0.3) is 10.9 Å². The molecule has 1 fully saturated rings. The van der Waals surface area contributed by atoms with Crippen LogP contribution < -0.4 is 16.0 Å². The third kappa shape index (κ3) is 6.50. The summed E-state index contributed by atoms with van der Waals surface area (Å²) in [6.45, 7) is 5.27. The van der Waals surface area contributed by atoms with E-state index < -0.39 is 0 Å². The molecule has 1 saturated heterocycles. The van der Waals surface area contributed by atoms with Crippen LogP contribution in [0.5, 0.6) is 0 Å². The number of pyridine rings is 1. The maximum atomic E-state index is 12.6. The van der Waals surface area contributed by atoms with Gasteiger partial charge in [0.25, 0.3) is 5.91 Å². The number of hydrogen-bond donors (Lipinski definition) is 3. The fourth-order valence-corrected chi connectivity index (χ4v) is 4.77. The van der Waals surface area contributed by atoms with Gasteiger partial charge in [-0.15, -0.1) is 0 Å². The van der Waals surface area contributed by atoms with Gasteiger partial charge in [-0.3, -0.25) is 9.78 Å². The van der Waals surface area contributed by atoms with Gasteiger partial charge in [-0.05, 0) is 81.1 Å². The molecule has 3 heterocycles. The SMILES string of the molecule is Cc1cc(Nc2ccc(C(=O)N3CCCC3)cc2)nc(NCCCCNc2ccnc3cc(Cl)ccc23)n1. The number of unbranched alkanes of at least 4 members (excludes halogenated alkanes) is 1. The molecule has 0 radical (unpaired) electrons. The fourth-order valence-electron chi connectivity index (χ4n) is 4.61. The number of carbonyl (C=O) groups is 1. The zero-order valence-electron chi connectivity index (χ0n) is 21.5. The fraction of sp³-hybridized carbons (Fsp3) is 0.310. The molecule has 0 bridgehead atoms. The second-order valence-corrected chi connectivity index (χ2v) is 9.94. The van der Waals surface area contributed by atoms with Crippen LogP contribution >= 0.6 is 11.6 Å². The normalized spacial score (nSPS) is 13.1. The monoisotopic (exact) mass is 529 g/mol. The molecule has 2 aromatic carbocycles. The van der Waals surface area contributed by atoms with Crippen molar-refractivity contribution in [2.45, 2.75) is 32.6 Å². The molecule has 38 heavy (non-hydrogen) atoms. The summed E-state index contributed by atoms with van der Waals surface area (Å²) in [6, 6.07) is 17.2. The summed E-state index contributed by atoms with van der Waals surface area (Å²) in [5.74, 6) is 1.41. The lowest BCUT2D eigenvalue weighted by Crippen LogP contribution is -2.27. The van der Waals surface area contributed by atoms with E-state index in [-0.39, 0.29) is 5.91 Å². The Hall–Kier alpha value is -3.91. The molecule has 9 heteroatoms. The minimum absolute atomic E-state index is 0.104. The molecule has 0 atom stereocenters. The number of halogens is 1. The highest BCUT2D eigenvalue weighted by Gasteiger charge is 2.19. The van der Waals surface area contributed by atoms with E-state index in [0.717, 1.165) is 85.4 Å². The lowest BCUT2D eigenvalue weighted by Gasteiger charge is -2.15. The number of nitrogens with zero attached hydrogens (tertiary/aromatic N) is 4. The number of fused-ring (bicyclic) bond motifs is 1. The molecule has 1 amide bonds. The summed E-state index contributed by atoms with van der Waals surface area (Å²) in [6.07, 6.45) is 5.93. The lowest BCUT2D eigenvalue weighted by atomic mass is 10.2. The largest absolute Gasteiger partial charge is 0.384 e. The van der Waals surface area contributed by atoms with E-state index in [4.69, 9.17) is 11.6 Å². The Kier molecular flexibility index (Phi) is 8.19. The summed E-state index contributed by atoms with van der Waals surface area (Å²) >= 11 is 6.09. The number of nitrogens with one attached hydrogen (secondary N) is 3. The zero-order chi connectivity index (χ0) is 26.3. The van der Waals surface area contributed by atoms with Gasteiger partial charge in [-0.25, -0.2) is 4.98 Å². The van der Waals surface area contributed by atoms with Crippen molar-refractivity contribution in [1.82, 2.24) is 19.9 Å². The molecule has 5 rings (SSSR count). The Labute approximate surface area is 227 Å². The Morgan fingerprint density at radius 2 is 1.71 bits per heavy atom. The Balaban J connectivity index is 1.09. The highest BCUT2D eigenvalue weighted by atomic mass is 35.5. The number of amides is 1. The van der Waals surface area contributed by atoms with Crippen molar-refractivity contribution >= 4 is 51.6 Å². The van der Waals surface area contributed by atoms with E-state index in [1.165, 1.54) is 0 Å². The van der Waals surface area contributed by atoms with Gasteiger partial charge in [0.15, 0.2) is 0 Å².